The molecule has 1 heterocycles. The van der Waals surface area contributed by atoms with Crippen LogP contribution in [0.3, 0.4) is 0 Å². The number of nitrogens with zero attached hydrogens (tertiary/aromatic N) is 1. The van der Waals surface area contributed by atoms with Crippen molar-refractivity contribution in [2.24, 2.45) is 0 Å². The molecule has 2 N–H and O–H groups in total. The van der Waals surface area contributed by atoms with Gasteiger partial charge in [-0.25, -0.2) is 5.01 Å². The van der Waals surface area contributed by atoms with E-state index < -0.39 is 5.60 Å². The summed E-state index contributed by atoms with van der Waals surface area (Å²) in [6.07, 6.45) is 3.39. The lowest BCUT2D eigenvalue weighted by Gasteiger charge is -2.29. The van der Waals surface area contributed by atoms with Gasteiger partial charge in [0.2, 0.25) is 0 Å². The highest BCUT2D eigenvalue weighted by Crippen LogP contribution is 2.09. The minimum Gasteiger partial charge on any atom is -0.390 e. The molecule has 0 unspecified atom stereocenters. The maximum Gasteiger partial charge on any atom is 0.0604 e. The molecule has 1 fully saturated rings. The van der Waals surface area contributed by atoms with E-state index in [1.807, 2.05) is 13.8 Å². The second-order valence-corrected chi connectivity index (χ2v) is 4.16. The highest BCUT2D eigenvalue weighted by Gasteiger charge is 2.15. The second kappa shape index (κ2) is 4.21. The molecule has 1 saturated heterocycles. The number of aliphatic hydroxyl groups is 1. The van der Waals surface area contributed by atoms with E-state index in [2.05, 4.69) is 10.4 Å². The third-order valence-electron chi connectivity index (χ3n) is 2.18. The van der Waals surface area contributed by atoms with Crippen molar-refractivity contribution in [3.8, 4) is 0 Å². The van der Waals surface area contributed by atoms with Crippen molar-refractivity contribution in [1.82, 2.24) is 10.4 Å². The van der Waals surface area contributed by atoms with Crippen molar-refractivity contribution >= 4 is 0 Å². The summed E-state index contributed by atoms with van der Waals surface area (Å²) in [6.45, 7) is 6.87. The zero-order valence-corrected chi connectivity index (χ0v) is 8.14. The largest absolute Gasteiger partial charge is 0.390 e. The molecular formula is C9H20N2O. The first kappa shape index (κ1) is 9.96. The Morgan fingerprint density at radius 2 is 2.17 bits per heavy atom. The van der Waals surface area contributed by atoms with Crippen LogP contribution in [0.2, 0.25) is 0 Å². The molecule has 1 aliphatic rings. The van der Waals surface area contributed by atoms with Crippen LogP contribution >= 0.6 is 0 Å². The van der Waals surface area contributed by atoms with Crippen LogP contribution < -0.4 is 5.43 Å². The first-order chi connectivity index (χ1) is 5.58. The van der Waals surface area contributed by atoms with Gasteiger partial charge in [0.25, 0.3) is 0 Å². The maximum absolute atomic E-state index is 9.49. The number of nitrogens with one attached hydrogen (secondary N) is 1. The van der Waals surface area contributed by atoms with E-state index in [4.69, 9.17) is 0 Å². The molecule has 0 aromatic carbocycles. The highest BCUT2D eigenvalue weighted by atomic mass is 16.3. The minimum atomic E-state index is -0.529. The average molecular weight is 172 g/mol. The second-order valence-electron chi connectivity index (χ2n) is 4.16. The van der Waals surface area contributed by atoms with Crippen LogP contribution in [0.4, 0.5) is 0 Å². The average Bonchev–Trinajstić information content (AvgIpc) is 2.02. The molecule has 1 rings (SSSR count). The fourth-order valence-electron chi connectivity index (χ4n) is 1.34. The number of hydrogen-bond acceptors (Lipinski definition) is 3. The summed E-state index contributed by atoms with van der Waals surface area (Å²) in [5.74, 6) is 0. The summed E-state index contributed by atoms with van der Waals surface area (Å²) in [4.78, 5) is 0. The van der Waals surface area contributed by atoms with Crippen LogP contribution in [-0.4, -0.2) is 35.4 Å². The number of hydrazine groups is 1. The molecule has 12 heavy (non-hydrogen) atoms. The summed E-state index contributed by atoms with van der Waals surface area (Å²) < 4.78 is 0. The fourth-order valence-corrected chi connectivity index (χ4v) is 1.34. The summed E-state index contributed by atoms with van der Waals surface area (Å²) in [7, 11) is 0. The van der Waals surface area contributed by atoms with Gasteiger partial charge in [-0.2, -0.15) is 0 Å². The van der Waals surface area contributed by atoms with Gasteiger partial charge in [-0.3, -0.25) is 5.43 Å². The SMILES string of the molecule is CC(C)(O)CCN1CCCCN1. The van der Waals surface area contributed by atoms with Crippen LogP contribution in [0.1, 0.15) is 33.1 Å². The van der Waals surface area contributed by atoms with E-state index in [1.165, 1.54) is 12.8 Å². The molecule has 0 amide bonds. The number of rotatable bonds is 3. The van der Waals surface area contributed by atoms with Crippen molar-refractivity contribution in [3.63, 3.8) is 0 Å². The third kappa shape index (κ3) is 4.04. The van der Waals surface area contributed by atoms with Crippen molar-refractivity contribution in [1.29, 1.82) is 0 Å². The fraction of sp³-hybridized carbons (Fsp3) is 1.00. The topological polar surface area (TPSA) is 35.5 Å². The van der Waals surface area contributed by atoms with Crippen molar-refractivity contribution < 1.29 is 5.11 Å². The lowest BCUT2D eigenvalue weighted by Crippen LogP contribution is -2.45. The van der Waals surface area contributed by atoms with E-state index in [1.54, 1.807) is 0 Å². The predicted octanol–water partition coefficient (Wildman–Crippen LogP) is 0.748. The molecule has 0 aliphatic carbocycles. The van der Waals surface area contributed by atoms with Crippen LogP contribution in [-0.2, 0) is 0 Å². The Balaban J connectivity index is 2.13. The smallest absolute Gasteiger partial charge is 0.0604 e. The minimum absolute atomic E-state index is 0.529. The monoisotopic (exact) mass is 172 g/mol. The van der Waals surface area contributed by atoms with E-state index >= 15 is 0 Å². The van der Waals surface area contributed by atoms with Crippen LogP contribution in [0.15, 0.2) is 0 Å². The molecular weight excluding hydrogens is 152 g/mol. The Morgan fingerprint density at radius 1 is 1.42 bits per heavy atom. The Bertz CT molecular complexity index is 125. The zero-order valence-electron chi connectivity index (χ0n) is 8.14. The summed E-state index contributed by atoms with van der Waals surface area (Å²) in [5, 5.41) is 11.7. The van der Waals surface area contributed by atoms with Crippen LogP contribution in [0, 0.1) is 0 Å². The first-order valence-corrected chi connectivity index (χ1v) is 4.79. The van der Waals surface area contributed by atoms with Gasteiger partial charge >= 0.3 is 0 Å². The van der Waals surface area contributed by atoms with Gasteiger partial charge in [-0.05, 0) is 33.1 Å². The highest BCUT2D eigenvalue weighted by molar-refractivity contribution is 4.68. The quantitative estimate of drug-likeness (QED) is 0.659. The summed E-state index contributed by atoms with van der Waals surface area (Å²) in [6, 6.07) is 0. The molecule has 72 valence electrons. The van der Waals surface area contributed by atoms with Gasteiger partial charge < -0.3 is 5.11 Å². The Labute approximate surface area is 74.7 Å². The molecule has 3 nitrogen and oxygen atoms in total. The molecule has 0 saturated carbocycles. The van der Waals surface area contributed by atoms with Gasteiger partial charge in [0, 0.05) is 19.6 Å². The molecule has 0 bridgehead atoms. The van der Waals surface area contributed by atoms with Gasteiger partial charge in [0.05, 0.1) is 5.60 Å². The standard InChI is InChI=1S/C9H20N2O/c1-9(2,12)5-8-11-7-4-3-6-10-11/h10,12H,3-8H2,1-2H3. The maximum atomic E-state index is 9.49. The predicted molar refractivity (Wildman–Crippen MR) is 49.7 cm³/mol. The lowest BCUT2D eigenvalue weighted by atomic mass is 10.1. The summed E-state index contributed by atoms with van der Waals surface area (Å²) in [5.41, 5.74) is 2.79. The van der Waals surface area contributed by atoms with E-state index in [0.29, 0.717) is 0 Å². The van der Waals surface area contributed by atoms with Crippen molar-refractivity contribution in [2.45, 2.75) is 38.7 Å². The molecule has 0 aromatic heterocycles. The molecule has 0 spiro atoms. The van der Waals surface area contributed by atoms with E-state index in [9.17, 15) is 5.11 Å². The molecule has 1 aliphatic heterocycles. The van der Waals surface area contributed by atoms with Crippen LogP contribution in [0.25, 0.3) is 0 Å². The van der Waals surface area contributed by atoms with Gasteiger partial charge in [0.15, 0.2) is 0 Å². The van der Waals surface area contributed by atoms with Crippen molar-refractivity contribution in [2.75, 3.05) is 19.6 Å². The normalized spacial score (nSPS) is 21.2. The molecule has 3 heteroatoms. The van der Waals surface area contributed by atoms with Gasteiger partial charge in [-0.15, -0.1) is 0 Å². The first-order valence-electron chi connectivity index (χ1n) is 4.79. The van der Waals surface area contributed by atoms with Gasteiger partial charge in [-0.1, -0.05) is 0 Å². The zero-order chi connectivity index (χ0) is 9.03. The molecule has 0 aromatic rings. The molecule has 0 atom stereocenters. The lowest BCUT2D eigenvalue weighted by molar-refractivity contribution is 0.0437. The third-order valence-corrected chi connectivity index (χ3v) is 2.18. The Hall–Kier alpha value is -0.120. The summed E-state index contributed by atoms with van der Waals surface area (Å²) >= 11 is 0. The Kier molecular flexibility index (Phi) is 3.50. The van der Waals surface area contributed by atoms with E-state index in [-0.39, 0.29) is 0 Å². The number of hydrogen-bond donors (Lipinski definition) is 2. The Morgan fingerprint density at radius 3 is 2.67 bits per heavy atom. The van der Waals surface area contributed by atoms with Gasteiger partial charge in [0.1, 0.15) is 0 Å². The molecule has 0 radical (unpaired) electrons. The van der Waals surface area contributed by atoms with E-state index in [0.717, 1.165) is 26.1 Å². The van der Waals surface area contributed by atoms with Crippen LogP contribution in [0.5, 0.6) is 0 Å². The van der Waals surface area contributed by atoms with Crippen molar-refractivity contribution in [3.05, 3.63) is 0 Å².